The molecule has 0 saturated carbocycles. The van der Waals surface area contributed by atoms with E-state index in [-0.39, 0.29) is 5.76 Å². The number of aromatic carboxylic acids is 1. The van der Waals surface area contributed by atoms with Gasteiger partial charge < -0.3 is 19.7 Å². The minimum atomic E-state index is -1.03. The van der Waals surface area contributed by atoms with Crippen LogP contribution in [-0.2, 0) is 0 Å². The standard InChI is InChI=1S/C14H22N2O3/c1-11-5-2-3-9-16(11)10-4-8-15-13-7-6-12(19-13)14(17)18/h6-7,11,15H,2-5,8-10H2,1H3,(H,17,18). The number of furan rings is 1. The third-order valence-corrected chi connectivity index (χ3v) is 3.68. The Bertz CT molecular complexity index is 417. The molecule has 0 spiro atoms. The summed E-state index contributed by atoms with van der Waals surface area (Å²) in [6.45, 7) is 5.37. The van der Waals surface area contributed by atoms with Crippen LogP contribution in [0.1, 0.15) is 43.2 Å². The average molecular weight is 266 g/mol. The molecule has 1 aromatic rings. The molecule has 1 aliphatic rings. The van der Waals surface area contributed by atoms with Crippen molar-refractivity contribution in [3.63, 3.8) is 0 Å². The molecule has 2 rings (SSSR count). The molecule has 0 aromatic carbocycles. The van der Waals surface area contributed by atoms with Crippen LogP contribution in [0.25, 0.3) is 0 Å². The van der Waals surface area contributed by atoms with E-state index in [0.717, 1.165) is 19.5 Å². The molecule has 1 aromatic heterocycles. The number of hydrogen-bond donors (Lipinski definition) is 2. The van der Waals surface area contributed by atoms with Gasteiger partial charge >= 0.3 is 5.97 Å². The van der Waals surface area contributed by atoms with Crippen LogP contribution >= 0.6 is 0 Å². The lowest BCUT2D eigenvalue weighted by Gasteiger charge is -2.33. The van der Waals surface area contributed by atoms with E-state index < -0.39 is 5.97 Å². The summed E-state index contributed by atoms with van der Waals surface area (Å²) in [4.78, 5) is 13.2. The second-order valence-corrected chi connectivity index (χ2v) is 5.13. The van der Waals surface area contributed by atoms with Crippen molar-refractivity contribution in [3.8, 4) is 0 Å². The quantitative estimate of drug-likeness (QED) is 0.775. The zero-order valence-electron chi connectivity index (χ0n) is 11.4. The molecule has 0 bridgehead atoms. The van der Waals surface area contributed by atoms with Crippen LogP contribution in [0.5, 0.6) is 0 Å². The van der Waals surface area contributed by atoms with Crippen LogP contribution in [0.4, 0.5) is 5.88 Å². The number of carbonyl (C=O) groups is 1. The second-order valence-electron chi connectivity index (χ2n) is 5.13. The maximum Gasteiger partial charge on any atom is 0.371 e. The monoisotopic (exact) mass is 266 g/mol. The predicted octanol–water partition coefficient (Wildman–Crippen LogP) is 2.65. The van der Waals surface area contributed by atoms with Gasteiger partial charge in [0, 0.05) is 25.2 Å². The summed E-state index contributed by atoms with van der Waals surface area (Å²) >= 11 is 0. The molecule has 0 amide bonds. The molecule has 5 nitrogen and oxygen atoms in total. The number of hydrogen-bond acceptors (Lipinski definition) is 4. The van der Waals surface area contributed by atoms with E-state index in [1.807, 2.05) is 0 Å². The van der Waals surface area contributed by atoms with Gasteiger partial charge in [0.25, 0.3) is 0 Å². The van der Waals surface area contributed by atoms with Gasteiger partial charge in [0.2, 0.25) is 5.76 Å². The van der Waals surface area contributed by atoms with Gasteiger partial charge in [-0.15, -0.1) is 0 Å². The molecule has 1 saturated heterocycles. The van der Waals surface area contributed by atoms with Crippen molar-refractivity contribution >= 4 is 11.9 Å². The molecule has 0 radical (unpaired) electrons. The third-order valence-electron chi connectivity index (χ3n) is 3.68. The van der Waals surface area contributed by atoms with Crippen LogP contribution < -0.4 is 5.32 Å². The van der Waals surface area contributed by atoms with Crippen LogP contribution in [0.15, 0.2) is 16.5 Å². The van der Waals surface area contributed by atoms with Crippen molar-refractivity contribution in [2.45, 2.75) is 38.6 Å². The largest absolute Gasteiger partial charge is 0.475 e. The van der Waals surface area contributed by atoms with E-state index in [4.69, 9.17) is 9.52 Å². The van der Waals surface area contributed by atoms with Crippen LogP contribution in [-0.4, -0.2) is 41.7 Å². The van der Waals surface area contributed by atoms with Gasteiger partial charge in [-0.05, 0) is 38.8 Å². The Morgan fingerprint density at radius 3 is 3.05 bits per heavy atom. The van der Waals surface area contributed by atoms with Crippen LogP contribution in [0.3, 0.4) is 0 Å². The van der Waals surface area contributed by atoms with E-state index in [9.17, 15) is 4.79 Å². The highest BCUT2D eigenvalue weighted by Gasteiger charge is 2.17. The normalized spacial score (nSPS) is 20.4. The number of anilines is 1. The summed E-state index contributed by atoms with van der Waals surface area (Å²) in [6, 6.07) is 3.82. The number of carboxylic acid groups (broad SMARTS) is 1. The first-order valence-electron chi connectivity index (χ1n) is 6.98. The number of rotatable bonds is 6. The molecule has 2 heterocycles. The Balaban J connectivity index is 1.67. The van der Waals surface area contributed by atoms with Crippen molar-refractivity contribution in [3.05, 3.63) is 17.9 Å². The summed E-state index contributed by atoms with van der Waals surface area (Å²) < 4.78 is 5.13. The van der Waals surface area contributed by atoms with Gasteiger partial charge in [-0.25, -0.2) is 4.79 Å². The molecule has 1 atom stereocenters. The minimum absolute atomic E-state index is 0.0212. The first-order chi connectivity index (χ1) is 9.16. The molecule has 2 N–H and O–H groups in total. The van der Waals surface area contributed by atoms with Crippen molar-refractivity contribution in [1.29, 1.82) is 0 Å². The summed E-state index contributed by atoms with van der Waals surface area (Å²) in [7, 11) is 0. The van der Waals surface area contributed by atoms with Gasteiger partial charge in [0.05, 0.1) is 0 Å². The summed E-state index contributed by atoms with van der Waals surface area (Å²) in [5.74, 6) is -0.522. The smallest absolute Gasteiger partial charge is 0.371 e. The predicted molar refractivity (Wildman–Crippen MR) is 73.7 cm³/mol. The van der Waals surface area contributed by atoms with Crippen molar-refractivity contribution in [2.24, 2.45) is 0 Å². The lowest BCUT2D eigenvalue weighted by molar-refractivity contribution is 0.0663. The van der Waals surface area contributed by atoms with Gasteiger partial charge in [0.15, 0.2) is 5.88 Å². The van der Waals surface area contributed by atoms with Gasteiger partial charge in [-0.1, -0.05) is 6.42 Å². The average Bonchev–Trinajstić information content (AvgIpc) is 2.85. The van der Waals surface area contributed by atoms with Crippen molar-refractivity contribution in [2.75, 3.05) is 25.0 Å². The molecule has 106 valence electrons. The molecule has 1 fully saturated rings. The molecule has 1 unspecified atom stereocenters. The Morgan fingerprint density at radius 2 is 2.37 bits per heavy atom. The fourth-order valence-corrected chi connectivity index (χ4v) is 2.53. The van der Waals surface area contributed by atoms with Crippen LogP contribution in [0.2, 0.25) is 0 Å². The van der Waals surface area contributed by atoms with Crippen molar-refractivity contribution < 1.29 is 14.3 Å². The van der Waals surface area contributed by atoms with E-state index in [1.54, 1.807) is 6.07 Å². The number of nitrogens with zero attached hydrogens (tertiary/aromatic N) is 1. The SMILES string of the molecule is CC1CCCCN1CCCNc1ccc(C(=O)O)o1. The molecule has 1 aliphatic heterocycles. The van der Waals surface area contributed by atoms with E-state index in [0.29, 0.717) is 11.9 Å². The number of nitrogens with one attached hydrogen (secondary N) is 1. The van der Waals surface area contributed by atoms with Crippen molar-refractivity contribution in [1.82, 2.24) is 4.90 Å². The molecular weight excluding hydrogens is 244 g/mol. The second kappa shape index (κ2) is 6.61. The first-order valence-corrected chi connectivity index (χ1v) is 6.98. The fraction of sp³-hybridized carbons (Fsp3) is 0.643. The highest BCUT2D eigenvalue weighted by atomic mass is 16.4. The lowest BCUT2D eigenvalue weighted by atomic mass is 10.0. The van der Waals surface area contributed by atoms with E-state index in [1.165, 1.54) is 31.9 Å². The molecule has 19 heavy (non-hydrogen) atoms. The zero-order valence-corrected chi connectivity index (χ0v) is 11.4. The lowest BCUT2D eigenvalue weighted by Crippen LogP contribution is -2.38. The number of carboxylic acids is 1. The Kier molecular flexibility index (Phi) is 4.85. The maximum absolute atomic E-state index is 10.7. The summed E-state index contributed by atoms with van der Waals surface area (Å²) in [6.07, 6.45) is 4.99. The number of likely N-dealkylation sites (tertiary alicyclic amines) is 1. The first kappa shape index (κ1) is 13.9. The van der Waals surface area contributed by atoms with E-state index >= 15 is 0 Å². The summed E-state index contributed by atoms with van der Waals surface area (Å²) in [5.41, 5.74) is 0. The zero-order chi connectivity index (χ0) is 13.7. The third kappa shape index (κ3) is 3.99. The minimum Gasteiger partial charge on any atom is -0.475 e. The van der Waals surface area contributed by atoms with Gasteiger partial charge in [-0.2, -0.15) is 0 Å². The molecule has 5 heteroatoms. The molecular formula is C14H22N2O3. The topological polar surface area (TPSA) is 65.7 Å². The Morgan fingerprint density at radius 1 is 1.53 bits per heavy atom. The highest BCUT2D eigenvalue weighted by Crippen LogP contribution is 2.17. The summed E-state index contributed by atoms with van der Waals surface area (Å²) in [5, 5.41) is 11.9. The van der Waals surface area contributed by atoms with Gasteiger partial charge in [0.1, 0.15) is 0 Å². The fourth-order valence-electron chi connectivity index (χ4n) is 2.53. The maximum atomic E-state index is 10.7. The Labute approximate surface area is 113 Å². The number of piperidine rings is 1. The van der Waals surface area contributed by atoms with Gasteiger partial charge in [-0.3, -0.25) is 0 Å². The van der Waals surface area contributed by atoms with E-state index in [2.05, 4.69) is 17.1 Å². The van der Waals surface area contributed by atoms with Crippen LogP contribution in [0, 0.1) is 0 Å². The Hall–Kier alpha value is -1.49. The molecule has 0 aliphatic carbocycles. The highest BCUT2D eigenvalue weighted by molar-refractivity contribution is 5.84.